The van der Waals surface area contributed by atoms with Gasteiger partial charge in [-0.3, -0.25) is 9.59 Å². The number of ether oxygens (including phenoxy) is 2. The third-order valence-electron chi connectivity index (χ3n) is 6.36. The fourth-order valence-corrected chi connectivity index (χ4v) is 3.90. The van der Waals surface area contributed by atoms with Crippen molar-refractivity contribution in [3.8, 4) is 0 Å². The summed E-state index contributed by atoms with van der Waals surface area (Å²) < 4.78 is 85.1. The molecule has 258 valence electrons. The second-order valence-corrected chi connectivity index (χ2v) is 10.2. The summed E-state index contributed by atoms with van der Waals surface area (Å²) in [5, 5.41) is 3.51. The van der Waals surface area contributed by atoms with Crippen molar-refractivity contribution in [3.05, 3.63) is 0 Å². The smallest absolute Gasteiger partial charge is 0.449 e. The first-order valence-electron chi connectivity index (χ1n) is 15.3. The summed E-state index contributed by atoms with van der Waals surface area (Å²) in [5.41, 5.74) is 0. The summed E-state index contributed by atoms with van der Waals surface area (Å²) in [6.07, 6.45) is -3.47. The molecule has 0 bridgehead atoms. The number of carbonyl (C=O) groups is 4. The molecule has 0 heterocycles. The minimum absolute atomic E-state index is 0.0222. The van der Waals surface area contributed by atoms with E-state index < -0.39 is 36.4 Å². The molecule has 4 amide bonds. The Balaban J connectivity index is 5.01. The Labute approximate surface area is 255 Å². The SMILES string of the molecule is CCCCCCOC(=O)N(CCCCN(CCCNC(=O)C(F)(F)F)C(=O)OCCCCCC)CCCNC(=O)C(F)(F)F. The highest BCUT2D eigenvalue weighted by Gasteiger charge is 2.38. The van der Waals surface area contributed by atoms with Gasteiger partial charge >= 0.3 is 36.4 Å². The van der Waals surface area contributed by atoms with Crippen LogP contribution in [0.4, 0.5) is 35.9 Å². The van der Waals surface area contributed by atoms with Crippen LogP contribution in [0, 0.1) is 0 Å². The first kappa shape index (κ1) is 41.1. The van der Waals surface area contributed by atoms with E-state index >= 15 is 0 Å². The van der Waals surface area contributed by atoms with Gasteiger partial charge < -0.3 is 29.9 Å². The first-order valence-corrected chi connectivity index (χ1v) is 15.3. The van der Waals surface area contributed by atoms with Crippen LogP contribution in [-0.4, -0.2) is 98.6 Å². The molecule has 0 aromatic heterocycles. The molecule has 44 heavy (non-hydrogen) atoms. The van der Waals surface area contributed by atoms with Gasteiger partial charge in [0.25, 0.3) is 0 Å². The van der Waals surface area contributed by atoms with Crippen molar-refractivity contribution < 1.29 is 55.0 Å². The third-order valence-corrected chi connectivity index (χ3v) is 6.36. The fourth-order valence-electron chi connectivity index (χ4n) is 3.90. The summed E-state index contributed by atoms with van der Waals surface area (Å²) in [6.45, 7) is 4.18. The van der Waals surface area contributed by atoms with Crippen LogP contribution in [0.5, 0.6) is 0 Å². The van der Waals surface area contributed by atoms with Gasteiger partial charge in [-0.25, -0.2) is 9.59 Å². The zero-order valence-electron chi connectivity index (χ0n) is 25.8. The number of nitrogens with zero attached hydrogens (tertiary/aromatic N) is 2. The van der Waals surface area contributed by atoms with Crippen LogP contribution in [0.3, 0.4) is 0 Å². The van der Waals surface area contributed by atoms with Crippen molar-refractivity contribution in [3.63, 3.8) is 0 Å². The van der Waals surface area contributed by atoms with Gasteiger partial charge in [-0.1, -0.05) is 52.4 Å². The van der Waals surface area contributed by atoms with E-state index in [-0.39, 0.29) is 65.3 Å². The van der Waals surface area contributed by atoms with E-state index in [2.05, 4.69) is 0 Å². The van der Waals surface area contributed by atoms with Crippen molar-refractivity contribution in [1.29, 1.82) is 0 Å². The van der Waals surface area contributed by atoms with E-state index in [1.165, 1.54) is 9.80 Å². The lowest BCUT2D eigenvalue weighted by atomic mass is 10.2. The average molecular weight is 651 g/mol. The Morgan fingerprint density at radius 1 is 0.523 bits per heavy atom. The summed E-state index contributed by atoms with van der Waals surface area (Å²) in [7, 11) is 0. The molecule has 0 fully saturated rings. The van der Waals surface area contributed by atoms with Crippen molar-refractivity contribution >= 4 is 24.0 Å². The maximum Gasteiger partial charge on any atom is 0.471 e. The number of rotatable bonds is 23. The van der Waals surface area contributed by atoms with Crippen molar-refractivity contribution in [2.45, 2.75) is 103 Å². The lowest BCUT2D eigenvalue weighted by molar-refractivity contribution is -0.173. The van der Waals surface area contributed by atoms with Gasteiger partial charge in [0.1, 0.15) is 0 Å². The predicted octanol–water partition coefficient (Wildman–Crippen LogP) is 5.94. The Bertz CT molecular complexity index is 763. The molecule has 2 N–H and O–H groups in total. The minimum atomic E-state index is -5.01. The molecule has 0 aliphatic heterocycles. The number of amides is 4. The lowest BCUT2D eigenvalue weighted by Gasteiger charge is -2.25. The molecule has 0 spiro atoms. The highest BCUT2D eigenvalue weighted by Crippen LogP contribution is 2.15. The van der Waals surface area contributed by atoms with Crippen molar-refractivity contribution in [2.75, 3.05) is 52.5 Å². The highest BCUT2D eigenvalue weighted by atomic mass is 19.4. The van der Waals surface area contributed by atoms with Gasteiger partial charge in [-0.15, -0.1) is 0 Å². The lowest BCUT2D eigenvalue weighted by Crippen LogP contribution is -2.40. The van der Waals surface area contributed by atoms with Crippen LogP contribution in [-0.2, 0) is 19.1 Å². The monoisotopic (exact) mass is 650 g/mol. The third kappa shape index (κ3) is 20.9. The summed E-state index contributed by atoms with van der Waals surface area (Å²) in [4.78, 5) is 50.0. The van der Waals surface area contributed by atoms with Crippen LogP contribution < -0.4 is 10.6 Å². The molecule has 0 aromatic carbocycles. The standard InChI is InChI=1S/C28H48F6N4O6/c1-3-5-7-11-21-43-25(41)37(19-13-15-35-23(39)27(29,30)31)17-9-10-18-38(26(42)44-22-12-8-6-4-2)20-14-16-36-24(40)28(32,33)34/h3-22H2,1-2H3,(H,35,39)(H,36,40). The first-order chi connectivity index (χ1) is 20.7. The van der Waals surface area contributed by atoms with E-state index in [9.17, 15) is 45.5 Å². The number of hydrogen-bond acceptors (Lipinski definition) is 6. The van der Waals surface area contributed by atoms with Gasteiger partial charge in [-0.05, 0) is 38.5 Å². The molecular weight excluding hydrogens is 602 g/mol. The predicted molar refractivity (Wildman–Crippen MR) is 151 cm³/mol. The van der Waals surface area contributed by atoms with Crippen LogP contribution in [0.25, 0.3) is 0 Å². The van der Waals surface area contributed by atoms with Crippen LogP contribution in [0.2, 0.25) is 0 Å². The molecule has 10 nitrogen and oxygen atoms in total. The second kappa shape index (κ2) is 23.4. The van der Waals surface area contributed by atoms with Gasteiger partial charge in [0.05, 0.1) is 13.2 Å². The number of unbranched alkanes of at least 4 members (excludes halogenated alkanes) is 7. The largest absolute Gasteiger partial charge is 0.471 e. The fraction of sp³-hybridized carbons (Fsp3) is 0.857. The molecule has 0 aliphatic rings. The molecular formula is C28H48F6N4O6. The normalized spacial score (nSPS) is 11.5. The summed E-state index contributed by atoms with van der Waals surface area (Å²) in [5.74, 6) is -4.14. The Morgan fingerprint density at radius 2 is 0.864 bits per heavy atom. The molecule has 0 aromatic rings. The molecule has 0 aliphatic carbocycles. The van der Waals surface area contributed by atoms with E-state index in [0.29, 0.717) is 25.7 Å². The molecule has 16 heteroatoms. The van der Waals surface area contributed by atoms with E-state index in [1.54, 1.807) is 10.6 Å². The van der Waals surface area contributed by atoms with E-state index in [4.69, 9.17) is 9.47 Å². The Kier molecular flexibility index (Phi) is 21.9. The maximum atomic E-state index is 12.6. The van der Waals surface area contributed by atoms with Crippen LogP contribution >= 0.6 is 0 Å². The molecule has 0 rings (SSSR count). The number of carbonyl (C=O) groups excluding carboxylic acids is 4. The minimum Gasteiger partial charge on any atom is -0.449 e. The topological polar surface area (TPSA) is 117 Å². The van der Waals surface area contributed by atoms with Crippen molar-refractivity contribution in [2.24, 2.45) is 0 Å². The number of alkyl halides is 6. The summed E-state index contributed by atoms with van der Waals surface area (Å²) in [6, 6.07) is 0. The maximum absolute atomic E-state index is 12.6. The zero-order chi connectivity index (χ0) is 33.4. The number of hydrogen-bond donors (Lipinski definition) is 2. The van der Waals surface area contributed by atoms with E-state index in [1.807, 2.05) is 13.8 Å². The van der Waals surface area contributed by atoms with Gasteiger partial charge in [-0.2, -0.15) is 26.3 Å². The van der Waals surface area contributed by atoms with Gasteiger partial charge in [0, 0.05) is 39.3 Å². The quantitative estimate of drug-likeness (QED) is 0.104. The summed E-state index contributed by atoms with van der Waals surface area (Å²) >= 11 is 0. The average Bonchev–Trinajstić information content (AvgIpc) is 2.95. The van der Waals surface area contributed by atoms with Gasteiger partial charge in [0.15, 0.2) is 0 Å². The molecule has 0 saturated carbocycles. The number of halogens is 6. The zero-order valence-corrected chi connectivity index (χ0v) is 25.8. The van der Waals surface area contributed by atoms with Gasteiger partial charge in [0.2, 0.25) is 0 Å². The molecule has 0 radical (unpaired) electrons. The molecule has 0 atom stereocenters. The molecule has 0 saturated heterocycles. The molecule has 0 unspecified atom stereocenters. The number of nitrogens with one attached hydrogen (secondary N) is 2. The highest BCUT2D eigenvalue weighted by molar-refractivity contribution is 5.82. The van der Waals surface area contributed by atoms with Crippen LogP contribution in [0.1, 0.15) is 90.9 Å². The van der Waals surface area contributed by atoms with Crippen LogP contribution in [0.15, 0.2) is 0 Å². The Hall–Kier alpha value is -2.94. The second-order valence-electron chi connectivity index (χ2n) is 10.2. The van der Waals surface area contributed by atoms with Crippen molar-refractivity contribution in [1.82, 2.24) is 20.4 Å². The Morgan fingerprint density at radius 3 is 1.18 bits per heavy atom. The van der Waals surface area contributed by atoms with E-state index in [0.717, 1.165) is 38.5 Å².